The van der Waals surface area contributed by atoms with Gasteiger partial charge in [0.25, 0.3) is 0 Å². The summed E-state index contributed by atoms with van der Waals surface area (Å²) in [5.41, 5.74) is 7.55. The van der Waals surface area contributed by atoms with Crippen molar-refractivity contribution in [2.45, 2.75) is 25.7 Å². The fourth-order valence-corrected chi connectivity index (χ4v) is 3.37. The minimum atomic E-state index is 0.754. The normalized spacial score (nSPS) is 28.5. The highest BCUT2D eigenvalue weighted by Gasteiger charge is 2.35. The van der Waals surface area contributed by atoms with Gasteiger partial charge in [-0.15, -0.1) is 0 Å². The van der Waals surface area contributed by atoms with E-state index >= 15 is 0 Å². The van der Waals surface area contributed by atoms with Crippen molar-refractivity contribution in [3.05, 3.63) is 24.0 Å². The van der Waals surface area contributed by atoms with Crippen LogP contribution < -0.4 is 5.73 Å². The van der Waals surface area contributed by atoms with Gasteiger partial charge in [-0.1, -0.05) is 6.42 Å². The fraction of sp³-hybridized carbons (Fsp3) is 0.643. The van der Waals surface area contributed by atoms with Crippen LogP contribution in [0.2, 0.25) is 0 Å². The molecular formula is C14H21N3. The van der Waals surface area contributed by atoms with E-state index in [1.54, 1.807) is 6.20 Å². The first kappa shape index (κ1) is 11.0. The summed E-state index contributed by atoms with van der Waals surface area (Å²) in [6.45, 7) is 3.79. The molecule has 1 aliphatic heterocycles. The highest BCUT2D eigenvalue weighted by molar-refractivity contribution is 5.34. The number of nitrogens with zero attached hydrogens (tertiary/aromatic N) is 2. The molecule has 2 aliphatic rings. The lowest BCUT2D eigenvalue weighted by atomic mass is 10.0. The molecule has 0 spiro atoms. The Kier molecular flexibility index (Phi) is 3.02. The second-order valence-corrected chi connectivity index (χ2v) is 5.54. The number of anilines is 1. The SMILES string of the molecule is Nc1ccc(CCN2CC3CCCC3C2)nc1. The minimum absolute atomic E-state index is 0.754. The third kappa shape index (κ3) is 2.44. The maximum atomic E-state index is 5.63. The molecule has 0 amide bonds. The van der Waals surface area contributed by atoms with Gasteiger partial charge in [-0.05, 0) is 36.8 Å². The molecule has 0 radical (unpaired) electrons. The van der Waals surface area contributed by atoms with Gasteiger partial charge < -0.3 is 10.6 Å². The Balaban J connectivity index is 1.50. The number of fused-ring (bicyclic) bond motifs is 1. The van der Waals surface area contributed by atoms with E-state index < -0.39 is 0 Å². The van der Waals surface area contributed by atoms with Gasteiger partial charge in [0, 0.05) is 31.7 Å². The van der Waals surface area contributed by atoms with E-state index in [4.69, 9.17) is 5.73 Å². The summed E-state index contributed by atoms with van der Waals surface area (Å²) in [5, 5.41) is 0. The van der Waals surface area contributed by atoms with Gasteiger partial charge in [-0.25, -0.2) is 0 Å². The highest BCUT2D eigenvalue weighted by Crippen LogP contribution is 2.37. The summed E-state index contributed by atoms with van der Waals surface area (Å²) in [6, 6.07) is 3.99. The molecule has 1 aromatic rings. The molecule has 2 atom stereocenters. The van der Waals surface area contributed by atoms with Crippen molar-refractivity contribution >= 4 is 5.69 Å². The van der Waals surface area contributed by atoms with Crippen LogP contribution in [0, 0.1) is 11.8 Å². The smallest absolute Gasteiger partial charge is 0.0501 e. The van der Waals surface area contributed by atoms with Crippen LogP contribution in [0.4, 0.5) is 5.69 Å². The Morgan fingerprint density at radius 1 is 1.24 bits per heavy atom. The third-order valence-electron chi connectivity index (χ3n) is 4.33. The second-order valence-electron chi connectivity index (χ2n) is 5.54. The molecule has 1 saturated heterocycles. The third-order valence-corrected chi connectivity index (χ3v) is 4.33. The molecule has 2 fully saturated rings. The van der Waals surface area contributed by atoms with E-state index in [9.17, 15) is 0 Å². The summed E-state index contributed by atoms with van der Waals surface area (Å²) in [4.78, 5) is 6.98. The van der Waals surface area contributed by atoms with Gasteiger partial charge in [-0.3, -0.25) is 4.98 Å². The molecular weight excluding hydrogens is 210 g/mol. The predicted octanol–water partition coefficient (Wildman–Crippen LogP) is 1.94. The molecule has 1 aliphatic carbocycles. The van der Waals surface area contributed by atoms with Crippen molar-refractivity contribution in [3.8, 4) is 0 Å². The Morgan fingerprint density at radius 3 is 2.65 bits per heavy atom. The van der Waals surface area contributed by atoms with E-state index in [2.05, 4.69) is 9.88 Å². The number of nitrogen functional groups attached to an aromatic ring is 1. The monoisotopic (exact) mass is 231 g/mol. The average Bonchev–Trinajstić information content (AvgIpc) is 2.88. The first-order valence-electron chi connectivity index (χ1n) is 6.74. The van der Waals surface area contributed by atoms with Crippen molar-refractivity contribution in [2.24, 2.45) is 11.8 Å². The molecule has 1 saturated carbocycles. The van der Waals surface area contributed by atoms with E-state index in [1.807, 2.05) is 12.1 Å². The molecule has 2 heterocycles. The van der Waals surface area contributed by atoms with Crippen molar-refractivity contribution in [3.63, 3.8) is 0 Å². The molecule has 3 heteroatoms. The van der Waals surface area contributed by atoms with Crippen LogP contribution in [-0.2, 0) is 6.42 Å². The van der Waals surface area contributed by atoms with Crippen molar-refractivity contribution in [1.82, 2.24) is 9.88 Å². The minimum Gasteiger partial charge on any atom is -0.397 e. The summed E-state index contributed by atoms with van der Waals surface area (Å²) in [6.07, 6.45) is 7.19. The van der Waals surface area contributed by atoms with Gasteiger partial charge in [0.1, 0.15) is 0 Å². The number of pyridine rings is 1. The van der Waals surface area contributed by atoms with E-state index in [0.29, 0.717) is 0 Å². The largest absolute Gasteiger partial charge is 0.397 e. The molecule has 3 rings (SSSR count). The zero-order valence-corrected chi connectivity index (χ0v) is 10.3. The van der Waals surface area contributed by atoms with E-state index in [0.717, 1.165) is 36.2 Å². The summed E-state index contributed by atoms with van der Waals surface area (Å²) in [5.74, 6) is 1.99. The van der Waals surface area contributed by atoms with Crippen LogP contribution in [-0.4, -0.2) is 29.5 Å². The van der Waals surface area contributed by atoms with Crippen LogP contribution >= 0.6 is 0 Å². The standard InChI is InChI=1S/C14H21N3/c15-13-4-5-14(16-8-13)6-7-17-9-11-2-1-3-12(11)10-17/h4-5,8,11-12H,1-3,6-7,9-10,15H2. The number of rotatable bonds is 3. The lowest BCUT2D eigenvalue weighted by Gasteiger charge is -2.16. The Morgan fingerprint density at radius 2 is 2.00 bits per heavy atom. The lowest BCUT2D eigenvalue weighted by Crippen LogP contribution is -2.24. The van der Waals surface area contributed by atoms with Gasteiger partial charge >= 0.3 is 0 Å². The molecule has 0 bridgehead atoms. The molecule has 0 aromatic carbocycles. The maximum Gasteiger partial charge on any atom is 0.0501 e. The zero-order valence-electron chi connectivity index (χ0n) is 10.3. The van der Waals surface area contributed by atoms with Crippen molar-refractivity contribution in [2.75, 3.05) is 25.4 Å². The predicted molar refractivity (Wildman–Crippen MR) is 69.6 cm³/mol. The van der Waals surface area contributed by atoms with Crippen LogP contribution in [0.25, 0.3) is 0 Å². The van der Waals surface area contributed by atoms with Gasteiger partial charge in [0.2, 0.25) is 0 Å². The molecule has 1 aromatic heterocycles. The molecule has 17 heavy (non-hydrogen) atoms. The van der Waals surface area contributed by atoms with Crippen LogP contribution in [0.15, 0.2) is 18.3 Å². The Labute approximate surface area is 103 Å². The summed E-state index contributed by atoms with van der Waals surface area (Å²) >= 11 is 0. The highest BCUT2D eigenvalue weighted by atomic mass is 15.2. The van der Waals surface area contributed by atoms with Crippen LogP contribution in [0.1, 0.15) is 25.0 Å². The number of nitrogens with two attached hydrogens (primary N) is 1. The molecule has 2 N–H and O–H groups in total. The number of likely N-dealkylation sites (tertiary alicyclic amines) is 1. The fourth-order valence-electron chi connectivity index (χ4n) is 3.37. The van der Waals surface area contributed by atoms with E-state index in [1.165, 1.54) is 32.4 Å². The van der Waals surface area contributed by atoms with E-state index in [-0.39, 0.29) is 0 Å². The number of hydrogen-bond donors (Lipinski definition) is 1. The van der Waals surface area contributed by atoms with Crippen molar-refractivity contribution < 1.29 is 0 Å². The number of aromatic nitrogens is 1. The Bertz CT molecular complexity index is 362. The molecule has 3 nitrogen and oxygen atoms in total. The second kappa shape index (κ2) is 4.65. The summed E-state index contributed by atoms with van der Waals surface area (Å²) < 4.78 is 0. The van der Waals surface area contributed by atoms with Gasteiger partial charge in [-0.2, -0.15) is 0 Å². The summed E-state index contributed by atoms with van der Waals surface area (Å²) in [7, 11) is 0. The maximum absolute atomic E-state index is 5.63. The first-order chi connectivity index (χ1) is 8.31. The number of hydrogen-bond acceptors (Lipinski definition) is 3. The average molecular weight is 231 g/mol. The lowest BCUT2D eigenvalue weighted by molar-refractivity contribution is 0.314. The Hall–Kier alpha value is -1.09. The quantitative estimate of drug-likeness (QED) is 0.864. The van der Waals surface area contributed by atoms with Gasteiger partial charge in [0.15, 0.2) is 0 Å². The van der Waals surface area contributed by atoms with Crippen LogP contribution in [0.3, 0.4) is 0 Å². The molecule has 2 unspecified atom stereocenters. The van der Waals surface area contributed by atoms with Crippen LogP contribution in [0.5, 0.6) is 0 Å². The van der Waals surface area contributed by atoms with Crippen molar-refractivity contribution in [1.29, 1.82) is 0 Å². The van der Waals surface area contributed by atoms with Gasteiger partial charge in [0.05, 0.1) is 11.9 Å². The zero-order chi connectivity index (χ0) is 11.7. The molecule has 92 valence electrons. The topological polar surface area (TPSA) is 42.1 Å². The first-order valence-corrected chi connectivity index (χ1v) is 6.74.